The fraction of sp³-hybridized carbons (Fsp3) is 0.364. The zero-order valence-electron chi connectivity index (χ0n) is 10.6. The molecule has 1 amide bonds. The molecule has 0 radical (unpaired) electrons. The SMILES string of the molecule is Nc1ccc(C(=O)NCCOCC(F)(F)F)cc1[N+](=O)[O-]. The van der Waals surface area contributed by atoms with Crippen LogP contribution in [0.1, 0.15) is 10.4 Å². The van der Waals surface area contributed by atoms with E-state index in [0.717, 1.165) is 6.07 Å². The molecule has 1 aromatic rings. The lowest BCUT2D eigenvalue weighted by Gasteiger charge is -2.08. The highest BCUT2D eigenvalue weighted by Crippen LogP contribution is 2.22. The highest BCUT2D eigenvalue weighted by atomic mass is 19.4. The van der Waals surface area contributed by atoms with E-state index in [0.29, 0.717) is 0 Å². The first-order valence-corrected chi connectivity index (χ1v) is 5.67. The van der Waals surface area contributed by atoms with Gasteiger partial charge < -0.3 is 15.8 Å². The largest absolute Gasteiger partial charge is 0.411 e. The molecule has 1 aromatic carbocycles. The Hall–Kier alpha value is -2.36. The van der Waals surface area contributed by atoms with Gasteiger partial charge >= 0.3 is 6.18 Å². The minimum atomic E-state index is -4.43. The molecule has 0 aliphatic heterocycles. The van der Waals surface area contributed by atoms with Crippen molar-refractivity contribution in [3.8, 4) is 0 Å². The Morgan fingerprint density at radius 1 is 1.43 bits per heavy atom. The number of benzene rings is 1. The molecule has 0 aliphatic rings. The molecule has 0 saturated carbocycles. The number of ether oxygens (including phenoxy) is 1. The van der Waals surface area contributed by atoms with Gasteiger partial charge in [0.15, 0.2) is 0 Å². The van der Waals surface area contributed by atoms with E-state index in [1.807, 2.05) is 0 Å². The molecule has 10 heteroatoms. The van der Waals surface area contributed by atoms with Crippen LogP contribution >= 0.6 is 0 Å². The molecule has 0 bridgehead atoms. The summed E-state index contributed by atoms with van der Waals surface area (Å²) in [6, 6.07) is 3.46. The van der Waals surface area contributed by atoms with Crippen LogP contribution in [0.15, 0.2) is 18.2 Å². The zero-order valence-corrected chi connectivity index (χ0v) is 10.6. The van der Waals surface area contributed by atoms with Gasteiger partial charge in [-0.05, 0) is 12.1 Å². The second-order valence-electron chi connectivity index (χ2n) is 3.95. The third-order valence-electron chi connectivity index (χ3n) is 2.29. The van der Waals surface area contributed by atoms with Gasteiger partial charge in [-0.25, -0.2) is 0 Å². The van der Waals surface area contributed by atoms with Crippen LogP contribution in [0.3, 0.4) is 0 Å². The Bertz CT molecular complexity index is 534. The molecule has 0 fully saturated rings. The van der Waals surface area contributed by atoms with Gasteiger partial charge in [0.05, 0.1) is 11.5 Å². The van der Waals surface area contributed by atoms with Crippen molar-refractivity contribution in [3.63, 3.8) is 0 Å². The number of rotatable bonds is 6. The molecule has 21 heavy (non-hydrogen) atoms. The van der Waals surface area contributed by atoms with Gasteiger partial charge in [-0.3, -0.25) is 14.9 Å². The van der Waals surface area contributed by atoms with E-state index in [1.165, 1.54) is 12.1 Å². The lowest BCUT2D eigenvalue weighted by molar-refractivity contribution is -0.383. The number of anilines is 1. The summed E-state index contributed by atoms with van der Waals surface area (Å²) in [6.07, 6.45) is -4.43. The van der Waals surface area contributed by atoms with Crippen LogP contribution in [0.4, 0.5) is 24.5 Å². The van der Waals surface area contributed by atoms with Crippen LogP contribution in [-0.4, -0.2) is 36.8 Å². The van der Waals surface area contributed by atoms with Gasteiger partial charge in [0.2, 0.25) is 0 Å². The van der Waals surface area contributed by atoms with Crippen molar-refractivity contribution < 1.29 is 27.6 Å². The van der Waals surface area contributed by atoms with Crippen LogP contribution < -0.4 is 11.1 Å². The Balaban J connectivity index is 2.49. The summed E-state index contributed by atoms with van der Waals surface area (Å²) in [5.74, 6) is -0.672. The number of nitrogens with zero attached hydrogens (tertiary/aromatic N) is 1. The molecule has 0 spiro atoms. The second kappa shape index (κ2) is 6.88. The van der Waals surface area contributed by atoms with Gasteiger partial charge in [0, 0.05) is 18.2 Å². The molecule has 3 N–H and O–H groups in total. The van der Waals surface area contributed by atoms with Crippen LogP contribution in [0.5, 0.6) is 0 Å². The minimum Gasteiger partial charge on any atom is -0.393 e. The normalized spacial score (nSPS) is 11.2. The third-order valence-corrected chi connectivity index (χ3v) is 2.29. The maximum absolute atomic E-state index is 11.8. The predicted octanol–water partition coefficient (Wildman–Crippen LogP) is 1.49. The van der Waals surface area contributed by atoms with E-state index in [2.05, 4.69) is 10.1 Å². The summed E-state index contributed by atoms with van der Waals surface area (Å²) in [7, 11) is 0. The smallest absolute Gasteiger partial charge is 0.393 e. The van der Waals surface area contributed by atoms with Crippen LogP contribution in [0.25, 0.3) is 0 Å². The average Bonchev–Trinajstić information content (AvgIpc) is 2.36. The van der Waals surface area contributed by atoms with E-state index >= 15 is 0 Å². The fourth-order valence-electron chi connectivity index (χ4n) is 1.37. The molecule has 1 rings (SSSR count). The quantitative estimate of drug-likeness (QED) is 0.358. The van der Waals surface area contributed by atoms with E-state index in [-0.39, 0.29) is 24.4 Å². The van der Waals surface area contributed by atoms with E-state index in [4.69, 9.17) is 5.73 Å². The highest BCUT2D eigenvalue weighted by Gasteiger charge is 2.27. The van der Waals surface area contributed by atoms with Crippen molar-refractivity contribution in [1.82, 2.24) is 5.32 Å². The molecule has 116 valence electrons. The van der Waals surface area contributed by atoms with Gasteiger partial charge in [-0.2, -0.15) is 13.2 Å². The maximum Gasteiger partial charge on any atom is 0.411 e. The van der Waals surface area contributed by atoms with Crippen molar-refractivity contribution >= 4 is 17.3 Å². The monoisotopic (exact) mass is 307 g/mol. The number of halogens is 3. The second-order valence-corrected chi connectivity index (χ2v) is 3.95. The molecule has 0 atom stereocenters. The molecular weight excluding hydrogens is 295 g/mol. The number of carbonyl (C=O) groups is 1. The topological polar surface area (TPSA) is 107 Å². The van der Waals surface area contributed by atoms with Crippen molar-refractivity contribution in [2.45, 2.75) is 6.18 Å². The number of nitro groups is 1. The summed E-state index contributed by atoms with van der Waals surface area (Å²) in [4.78, 5) is 21.6. The number of nitrogens with two attached hydrogens (primary N) is 1. The van der Waals surface area contributed by atoms with Gasteiger partial charge in [0.25, 0.3) is 11.6 Å². The number of amides is 1. The summed E-state index contributed by atoms with van der Waals surface area (Å²) in [5, 5.41) is 12.9. The van der Waals surface area contributed by atoms with Crippen molar-refractivity contribution in [3.05, 3.63) is 33.9 Å². The Morgan fingerprint density at radius 2 is 2.10 bits per heavy atom. The summed E-state index contributed by atoms with van der Waals surface area (Å²) >= 11 is 0. The highest BCUT2D eigenvalue weighted by molar-refractivity contribution is 5.95. The van der Waals surface area contributed by atoms with Crippen molar-refractivity contribution in [1.29, 1.82) is 0 Å². The number of carbonyl (C=O) groups excluding carboxylic acids is 1. The molecule has 0 unspecified atom stereocenters. The van der Waals surface area contributed by atoms with E-state index in [9.17, 15) is 28.1 Å². The third kappa shape index (κ3) is 5.65. The summed E-state index contributed by atoms with van der Waals surface area (Å²) in [5.41, 5.74) is 4.84. The molecule has 0 saturated heterocycles. The van der Waals surface area contributed by atoms with Gasteiger partial charge in [0.1, 0.15) is 12.3 Å². The molecular formula is C11H12F3N3O4. The van der Waals surface area contributed by atoms with Crippen LogP contribution in [0.2, 0.25) is 0 Å². The Labute approximate surface area is 117 Å². The van der Waals surface area contributed by atoms with E-state index < -0.39 is 29.3 Å². The number of nitrogens with one attached hydrogen (secondary N) is 1. The molecule has 0 aliphatic carbocycles. The van der Waals surface area contributed by atoms with Crippen molar-refractivity contribution in [2.75, 3.05) is 25.5 Å². The molecule has 0 heterocycles. The number of nitro benzene ring substituents is 1. The van der Waals surface area contributed by atoms with Crippen molar-refractivity contribution in [2.24, 2.45) is 0 Å². The van der Waals surface area contributed by atoms with Gasteiger partial charge in [-0.15, -0.1) is 0 Å². The van der Waals surface area contributed by atoms with Crippen LogP contribution in [-0.2, 0) is 4.74 Å². The average molecular weight is 307 g/mol. The molecule has 0 aromatic heterocycles. The standard InChI is InChI=1S/C11H12F3N3O4/c12-11(13,14)6-21-4-3-16-10(18)7-1-2-8(15)9(5-7)17(19)20/h1-2,5H,3-4,6,15H2,(H,16,18). The lowest BCUT2D eigenvalue weighted by Crippen LogP contribution is -2.28. The summed E-state index contributed by atoms with van der Waals surface area (Å²) < 4.78 is 39.6. The zero-order chi connectivity index (χ0) is 16.0. The predicted molar refractivity (Wildman–Crippen MR) is 66.7 cm³/mol. The number of hydrogen-bond acceptors (Lipinski definition) is 5. The number of alkyl halides is 3. The first-order chi connectivity index (χ1) is 9.70. The molecule has 7 nitrogen and oxygen atoms in total. The first-order valence-electron chi connectivity index (χ1n) is 5.67. The van der Waals surface area contributed by atoms with E-state index in [1.54, 1.807) is 0 Å². The number of nitrogen functional groups attached to an aromatic ring is 1. The first kappa shape index (κ1) is 16.7. The lowest BCUT2D eigenvalue weighted by atomic mass is 10.1. The fourth-order valence-corrected chi connectivity index (χ4v) is 1.37. The van der Waals surface area contributed by atoms with Gasteiger partial charge in [-0.1, -0.05) is 0 Å². The van der Waals surface area contributed by atoms with Crippen LogP contribution in [0, 0.1) is 10.1 Å². The Kier molecular flexibility index (Phi) is 5.47. The number of hydrogen-bond donors (Lipinski definition) is 2. The summed E-state index contributed by atoms with van der Waals surface area (Å²) in [6.45, 7) is -1.90. The Morgan fingerprint density at radius 3 is 2.67 bits per heavy atom. The maximum atomic E-state index is 11.8. The minimum absolute atomic E-state index is 0.0216.